The van der Waals surface area contributed by atoms with Gasteiger partial charge in [-0.2, -0.15) is 0 Å². The third-order valence-corrected chi connectivity index (χ3v) is 1.96. The Balaban J connectivity index is 3.17. The van der Waals surface area contributed by atoms with E-state index < -0.39 is 0 Å². The van der Waals surface area contributed by atoms with E-state index in [9.17, 15) is 0 Å². The highest BCUT2D eigenvalue weighted by molar-refractivity contribution is 5.49. The molecular weight excluding hydrogens is 204 g/mol. The van der Waals surface area contributed by atoms with Gasteiger partial charge in [0, 0.05) is 0 Å². The van der Waals surface area contributed by atoms with Crippen LogP contribution in [-0.4, -0.2) is 15.6 Å². The molecule has 0 amide bonds. The van der Waals surface area contributed by atoms with Gasteiger partial charge in [0.2, 0.25) is 5.88 Å². The van der Waals surface area contributed by atoms with Crippen LogP contribution in [0, 0.1) is 0 Å². The molecular formula is C11H20N4O. The van der Waals surface area contributed by atoms with Gasteiger partial charge in [0.1, 0.15) is 11.9 Å². The van der Waals surface area contributed by atoms with Crippen LogP contribution < -0.4 is 16.0 Å². The van der Waals surface area contributed by atoms with Gasteiger partial charge in [-0.25, -0.2) is 15.8 Å². The number of hydrogen-bond acceptors (Lipinski definition) is 5. The molecule has 0 atom stereocenters. The minimum Gasteiger partial charge on any atom is -0.472 e. The molecule has 1 aromatic heterocycles. The molecule has 5 heteroatoms. The smallest absolute Gasteiger partial charge is 0.222 e. The van der Waals surface area contributed by atoms with E-state index in [1.807, 2.05) is 20.8 Å². The predicted octanol–water partition coefficient (Wildman–Crippen LogP) is 2.06. The van der Waals surface area contributed by atoms with Crippen LogP contribution in [0.25, 0.3) is 0 Å². The van der Waals surface area contributed by atoms with Gasteiger partial charge in [0.05, 0.1) is 5.56 Å². The molecule has 0 saturated heterocycles. The van der Waals surface area contributed by atoms with Gasteiger partial charge < -0.3 is 10.2 Å². The number of nitrogens with zero attached hydrogens (tertiary/aromatic N) is 2. The summed E-state index contributed by atoms with van der Waals surface area (Å²) in [4.78, 5) is 8.25. The maximum atomic E-state index is 5.79. The fourth-order valence-corrected chi connectivity index (χ4v) is 1.39. The maximum absolute atomic E-state index is 5.79. The molecule has 0 aliphatic carbocycles. The van der Waals surface area contributed by atoms with Crippen molar-refractivity contribution in [3.63, 3.8) is 0 Å². The van der Waals surface area contributed by atoms with Crippen molar-refractivity contribution in [2.45, 2.75) is 46.1 Å². The third-order valence-electron chi connectivity index (χ3n) is 1.96. The van der Waals surface area contributed by atoms with Gasteiger partial charge in [-0.15, -0.1) is 0 Å². The Morgan fingerprint density at radius 2 is 1.94 bits per heavy atom. The first-order chi connectivity index (χ1) is 7.35. The van der Waals surface area contributed by atoms with Gasteiger partial charge >= 0.3 is 0 Å². The summed E-state index contributed by atoms with van der Waals surface area (Å²) < 4.78 is 5.79. The number of rotatable bonds is 3. The van der Waals surface area contributed by atoms with Crippen LogP contribution in [0.1, 0.15) is 46.1 Å². The largest absolute Gasteiger partial charge is 0.472 e. The van der Waals surface area contributed by atoms with Crippen LogP contribution in [0.5, 0.6) is 5.88 Å². The molecule has 0 saturated carbocycles. The van der Waals surface area contributed by atoms with Crippen molar-refractivity contribution in [3.8, 4) is 5.88 Å². The minimum absolute atomic E-state index is 0.240. The zero-order valence-corrected chi connectivity index (χ0v) is 10.5. The number of anilines is 1. The lowest BCUT2D eigenvalue weighted by Gasteiger charge is -2.23. The van der Waals surface area contributed by atoms with Crippen LogP contribution in [0.4, 0.5) is 5.82 Å². The lowest BCUT2D eigenvalue weighted by atomic mass is 10.1. The van der Waals surface area contributed by atoms with Gasteiger partial charge in [-0.05, 0) is 26.7 Å². The van der Waals surface area contributed by atoms with Gasteiger partial charge in [-0.1, -0.05) is 13.8 Å². The number of nitrogens with two attached hydrogens (primary N) is 1. The quantitative estimate of drug-likeness (QED) is 0.607. The number of hydrazine groups is 1. The Bertz CT molecular complexity index is 357. The van der Waals surface area contributed by atoms with Crippen LogP contribution in [0.2, 0.25) is 0 Å². The van der Waals surface area contributed by atoms with Crippen molar-refractivity contribution in [2.75, 3.05) is 5.43 Å². The first kappa shape index (κ1) is 12.7. The molecule has 0 unspecified atom stereocenters. The van der Waals surface area contributed by atoms with Crippen LogP contribution >= 0.6 is 0 Å². The lowest BCUT2D eigenvalue weighted by Crippen LogP contribution is -2.25. The second kappa shape index (κ2) is 4.65. The highest BCUT2D eigenvalue weighted by Crippen LogP contribution is 2.31. The monoisotopic (exact) mass is 224 g/mol. The molecule has 0 radical (unpaired) electrons. The minimum atomic E-state index is -0.288. The second-order valence-corrected chi connectivity index (χ2v) is 4.95. The molecule has 0 bridgehead atoms. The van der Waals surface area contributed by atoms with Crippen molar-refractivity contribution in [2.24, 2.45) is 5.84 Å². The summed E-state index contributed by atoms with van der Waals surface area (Å²) in [5.41, 5.74) is 3.19. The molecule has 0 spiro atoms. The fourth-order valence-electron chi connectivity index (χ4n) is 1.39. The van der Waals surface area contributed by atoms with E-state index in [2.05, 4.69) is 29.2 Å². The first-order valence-electron chi connectivity index (χ1n) is 5.35. The Kier molecular flexibility index (Phi) is 3.70. The topological polar surface area (TPSA) is 73.1 Å². The number of ether oxygens (including phenoxy) is 1. The first-order valence-corrected chi connectivity index (χ1v) is 5.35. The van der Waals surface area contributed by atoms with Gasteiger partial charge in [0.15, 0.2) is 5.82 Å². The molecule has 0 aliphatic heterocycles. The van der Waals surface area contributed by atoms with E-state index in [1.165, 1.54) is 6.33 Å². The highest BCUT2D eigenvalue weighted by atomic mass is 16.5. The van der Waals surface area contributed by atoms with Gasteiger partial charge in [0.25, 0.3) is 0 Å². The Morgan fingerprint density at radius 3 is 2.38 bits per heavy atom. The summed E-state index contributed by atoms with van der Waals surface area (Å²) in [5, 5.41) is 0. The van der Waals surface area contributed by atoms with E-state index in [0.717, 1.165) is 5.56 Å². The van der Waals surface area contributed by atoms with Crippen molar-refractivity contribution in [1.82, 2.24) is 9.97 Å². The highest BCUT2D eigenvalue weighted by Gasteiger charge is 2.20. The molecule has 0 aliphatic rings. The summed E-state index contributed by atoms with van der Waals surface area (Å²) in [6.45, 7) is 10.0. The normalized spacial score (nSPS) is 11.7. The van der Waals surface area contributed by atoms with E-state index in [1.54, 1.807) is 0 Å². The average Bonchev–Trinajstić information content (AvgIpc) is 2.14. The van der Waals surface area contributed by atoms with Gasteiger partial charge in [-0.3, -0.25) is 0 Å². The van der Waals surface area contributed by atoms with E-state index in [0.29, 0.717) is 11.7 Å². The zero-order valence-electron chi connectivity index (χ0n) is 10.5. The van der Waals surface area contributed by atoms with Crippen LogP contribution in [-0.2, 0) is 0 Å². The van der Waals surface area contributed by atoms with Crippen LogP contribution in [0.3, 0.4) is 0 Å². The maximum Gasteiger partial charge on any atom is 0.222 e. The standard InChI is InChI=1S/C11H20N4O/c1-7(2)8-9(15-12)13-6-14-10(8)16-11(3,4)5/h6-7H,12H2,1-5H3,(H,13,14,15). The Labute approximate surface area is 96.4 Å². The number of aromatic nitrogens is 2. The third kappa shape index (κ3) is 3.06. The summed E-state index contributed by atoms with van der Waals surface area (Å²) in [6.07, 6.45) is 1.45. The predicted molar refractivity (Wildman–Crippen MR) is 64.3 cm³/mol. The molecule has 0 fully saturated rings. The van der Waals surface area contributed by atoms with Crippen LogP contribution in [0.15, 0.2) is 6.33 Å². The lowest BCUT2D eigenvalue weighted by molar-refractivity contribution is 0.122. The molecule has 3 N–H and O–H groups in total. The SMILES string of the molecule is CC(C)c1c(NN)ncnc1OC(C)(C)C. The molecule has 90 valence electrons. The second-order valence-electron chi connectivity index (χ2n) is 4.95. The molecule has 1 rings (SSSR count). The summed E-state index contributed by atoms with van der Waals surface area (Å²) in [5.74, 6) is 6.87. The van der Waals surface area contributed by atoms with Crippen molar-refractivity contribution in [1.29, 1.82) is 0 Å². The number of nitrogens with one attached hydrogen (secondary N) is 1. The summed E-state index contributed by atoms with van der Waals surface area (Å²) >= 11 is 0. The van der Waals surface area contributed by atoms with Crippen molar-refractivity contribution >= 4 is 5.82 Å². The fraction of sp³-hybridized carbons (Fsp3) is 0.636. The molecule has 0 aromatic carbocycles. The summed E-state index contributed by atoms with van der Waals surface area (Å²) in [7, 11) is 0. The van der Waals surface area contributed by atoms with Crippen molar-refractivity contribution < 1.29 is 4.74 Å². The molecule has 1 aromatic rings. The Hall–Kier alpha value is -1.36. The zero-order chi connectivity index (χ0) is 12.3. The molecule has 5 nitrogen and oxygen atoms in total. The van der Waals surface area contributed by atoms with E-state index >= 15 is 0 Å². The summed E-state index contributed by atoms with van der Waals surface area (Å²) in [6, 6.07) is 0. The molecule has 1 heterocycles. The Morgan fingerprint density at radius 1 is 1.31 bits per heavy atom. The average molecular weight is 224 g/mol. The number of nitrogen functional groups attached to an aromatic ring is 1. The van der Waals surface area contributed by atoms with Crippen molar-refractivity contribution in [3.05, 3.63) is 11.9 Å². The van der Waals surface area contributed by atoms with E-state index in [-0.39, 0.29) is 11.5 Å². The molecule has 16 heavy (non-hydrogen) atoms. The van der Waals surface area contributed by atoms with E-state index in [4.69, 9.17) is 10.6 Å². The number of hydrogen-bond donors (Lipinski definition) is 2.